The van der Waals surface area contributed by atoms with Crippen molar-refractivity contribution in [1.82, 2.24) is 0 Å². The lowest BCUT2D eigenvalue weighted by Crippen LogP contribution is -2.22. The van der Waals surface area contributed by atoms with E-state index in [2.05, 4.69) is 27.8 Å². The van der Waals surface area contributed by atoms with E-state index in [4.69, 9.17) is 9.47 Å². The van der Waals surface area contributed by atoms with Crippen LogP contribution >= 0.6 is 15.9 Å². The maximum Gasteiger partial charge on any atom is 0.157 e. The lowest BCUT2D eigenvalue weighted by atomic mass is 10.2. The Hall–Kier alpha value is -0.0400. The van der Waals surface area contributed by atoms with Crippen molar-refractivity contribution in [3.05, 3.63) is 0 Å². The Labute approximate surface area is 88.1 Å². The first-order valence-electron chi connectivity index (χ1n) is 4.68. The van der Waals surface area contributed by atoms with E-state index in [0.717, 1.165) is 24.8 Å². The molecule has 0 spiro atoms. The van der Waals surface area contributed by atoms with E-state index in [1.165, 1.54) is 12.8 Å². The molecule has 3 heteroatoms. The zero-order valence-electron chi connectivity index (χ0n) is 7.72. The van der Waals surface area contributed by atoms with Crippen LogP contribution in [0.5, 0.6) is 0 Å². The number of alkyl halides is 1. The third-order valence-electron chi connectivity index (χ3n) is 1.86. The van der Waals surface area contributed by atoms with Crippen molar-refractivity contribution in [3.63, 3.8) is 0 Å². The molecule has 1 saturated heterocycles. The fraction of sp³-hybridized carbons (Fsp3) is 0.800. The number of ether oxygens (including phenoxy) is 2. The first-order valence-corrected chi connectivity index (χ1v) is 5.80. The van der Waals surface area contributed by atoms with Gasteiger partial charge in [-0.15, -0.1) is 5.92 Å². The third kappa shape index (κ3) is 5.30. The summed E-state index contributed by atoms with van der Waals surface area (Å²) in [6, 6.07) is 0. The molecule has 0 bridgehead atoms. The summed E-state index contributed by atoms with van der Waals surface area (Å²) in [6.07, 6.45) is 4.25. The molecule has 1 aliphatic rings. The van der Waals surface area contributed by atoms with Gasteiger partial charge in [-0.05, 0) is 19.3 Å². The monoisotopic (exact) mass is 246 g/mol. The van der Waals surface area contributed by atoms with Crippen LogP contribution in [-0.4, -0.2) is 24.8 Å². The second kappa shape index (κ2) is 7.37. The van der Waals surface area contributed by atoms with E-state index >= 15 is 0 Å². The average molecular weight is 247 g/mol. The van der Waals surface area contributed by atoms with Crippen LogP contribution in [0.1, 0.15) is 25.7 Å². The van der Waals surface area contributed by atoms with Gasteiger partial charge < -0.3 is 9.47 Å². The van der Waals surface area contributed by atoms with Crippen molar-refractivity contribution in [2.24, 2.45) is 0 Å². The maximum atomic E-state index is 5.49. The standard InChI is InChI=1S/C10H15BrO2/c11-7-3-1-4-8-12-10-6-2-5-9-13-10/h10H,2,4-9H2. The van der Waals surface area contributed by atoms with Crippen molar-refractivity contribution in [3.8, 4) is 11.8 Å². The smallest absolute Gasteiger partial charge is 0.157 e. The first-order chi connectivity index (χ1) is 6.43. The Morgan fingerprint density at radius 1 is 1.38 bits per heavy atom. The normalized spacial score (nSPS) is 22.1. The van der Waals surface area contributed by atoms with Gasteiger partial charge in [0.2, 0.25) is 0 Å². The lowest BCUT2D eigenvalue weighted by Gasteiger charge is -2.22. The molecular weight excluding hydrogens is 232 g/mol. The van der Waals surface area contributed by atoms with E-state index in [-0.39, 0.29) is 6.29 Å². The molecule has 0 aromatic heterocycles. The highest BCUT2D eigenvalue weighted by Gasteiger charge is 2.12. The van der Waals surface area contributed by atoms with Crippen LogP contribution in [0, 0.1) is 11.8 Å². The van der Waals surface area contributed by atoms with Crippen molar-refractivity contribution < 1.29 is 9.47 Å². The Morgan fingerprint density at radius 2 is 2.31 bits per heavy atom. The van der Waals surface area contributed by atoms with Crippen molar-refractivity contribution >= 4 is 15.9 Å². The number of hydrogen-bond donors (Lipinski definition) is 0. The van der Waals surface area contributed by atoms with E-state index in [1.54, 1.807) is 0 Å². The Kier molecular flexibility index (Phi) is 6.26. The highest BCUT2D eigenvalue weighted by atomic mass is 79.9. The fourth-order valence-corrected chi connectivity index (χ4v) is 1.42. The van der Waals surface area contributed by atoms with E-state index < -0.39 is 0 Å². The summed E-state index contributed by atoms with van der Waals surface area (Å²) in [7, 11) is 0. The Balaban J connectivity index is 1.98. The van der Waals surface area contributed by atoms with Gasteiger partial charge in [-0.2, -0.15) is 0 Å². The molecule has 1 atom stereocenters. The molecule has 0 radical (unpaired) electrons. The van der Waals surface area contributed by atoms with Crippen LogP contribution in [0.15, 0.2) is 0 Å². The van der Waals surface area contributed by atoms with Gasteiger partial charge >= 0.3 is 0 Å². The Morgan fingerprint density at radius 3 is 3.00 bits per heavy atom. The van der Waals surface area contributed by atoms with E-state index in [9.17, 15) is 0 Å². The summed E-state index contributed by atoms with van der Waals surface area (Å²) in [5.41, 5.74) is 0. The molecule has 0 aromatic rings. The quantitative estimate of drug-likeness (QED) is 0.433. The summed E-state index contributed by atoms with van der Waals surface area (Å²) in [4.78, 5) is 0. The molecule has 2 nitrogen and oxygen atoms in total. The van der Waals surface area contributed by atoms with E-state index in [0.29, 0.717) is 6.61 Å². The molecule has 1 aliphatic heterocycles. The molecule has 1 unspecified atom stereocenters. The molecule has 74 valence electrons. The van der Waals surface area contributed by atoms with Crippen LogP contribution in [-0.2, 0) is 9.47 Å². The SMILES string of the molecule is BrCC#CCCOC1CCCCO1. The summed E-state index contributed by atoms with van der Waals surface area (Å²) in [5.74, 6) is 5.93. The summed E-state index contributed by atoms with van der Waals surface area (Å²) in [5, 5.41) is 0.743. The molecule has 0 saturated carbocycles. The van der Waals surface area contributed by atoms with Gasteiger partial charge in [-0.1, -0.05) is 21.9 Å². The third-order valence-corrected chi connectivity index (χ3v) is 2.14. The second-order valence-corrected chi connectivity index (χ2v) is 3.46. The maximum absolute atomic E-state index is 5.49. The summed E-state index contributed by atoms with van der Waals surface area (Å²) >= 11 is 3.24. The number of hydrogen-bond acceptors (Lipinski definition) is 2. The van der Waals surface area contributed by atoms with Crippen LogP contribution in [0.4, 0.5) is 0 Å². The van der Waals surface area contributed by atoms with Crippen LogP contribution in [0.3, 0.4) is 0 Å². The zero-order chi connectivity index (χ0) is 9.36. The van der Waals surface area contributed by atoms with Gasteiger partial charge in [0.1, 0.15) is 0 Å². The highest BCUT2D eigenvalue weighted by molar-refractivity contribution is 9.09. The zero-order valence-corrected chi connectivity index (χ0v) is 9.31. The molecule has 1 rings (SSSR count). The van der Waals surface area contributed by atoms with Gasteiger partial charge in [0.15, 0.2) is 6.29 Å². The average Bonchev–Trinajstić information content (AvgIpc) is 2.19. The predicted octanol–water partition coefficient (Wildman–Crippen LogP) is 2.32. The molecule has 13 heavy (non-hydrogen) atoms. The van der Waals surface area contributed by atoms with Crippen molar-refractivity contribution in [2.45, 2.75) is 32.0 Å². The predicted molar refractivity (Wildman–Crippen MR) is 55.7 cm³/mol. The van der Waals surface area contributed by atoms with Gasteiger partial charge in [0, 0.05) is 13.0 Å². The van der Waals surface area contributed by atoms with Crippen LogP contribution in [0.25, 0.3) is 0 Å². The number of rotatable bonds is 3. The van der Waals surface area contributed by atoms with Gasteiger partial charge in [-0.3, -0.25) is 0 Å². The minimum atomic E-state index is 0.0273. The van der Waals surface area contributed by atoms with Crippen molar-refractivity contribution in [2.75, 3.05) is 18.5 Å². The first kappa shape index (κ1) is 11.0. The Bertz CT molecular complexity index is 177. The highest BCUT2D eigenvalue weighted by Crippen LogP contribution is 2.13. The molecule has 1 heterocycles. The second-order valence-electron chi connectivity index (χ2n) is 2.90. The van der Waals surface area contributed by atoms with Crippen LogP contribution < -0.4 is 0 Å². The lowest BCUT2D eigenvalue weighted by molar-refractivity contribution is -0.161. The molecule has 0 N–H and O–H groups in total. The van der Waals surface area contributed by atoms with Crippen molar-refractivity contribution in [1.29, 1.82) is 0 Å². The minimum Gasteiger partial charge on any atom is -0.353 e. The molecule has 0 aliphatic carbocycles. The topological polar surface area (TPSA) is 18.5 Å². The largest absolute Gasteiger partial charge is 0.353 e. The minimum absolute atomic E-state index is 0.0273. The molecule has 1 fully saturated rings. The van der Waals surface area contributed by atoms with Gasteiger partial charge in [0.05, 0.1) is 11.9 Å². The van der Waals surface area contributed by atoms with Gasteiger partial charge in [0.25, 0.3) is 0 Å². The summed E-state index contributed by atoms with van der Waals surface area (Å²) < 4.78 is 10.9. The van der Waals surface area contributed by atoms with E-state index in [1.807, 2.05) is 0 Å². The number of halogens is 1. The fourth-order valence-electron chi connectivity index (χ4n) is 1.22. The molecular formula is C10H15BrO2. The molecule has 0 aromatic carbocycles. The van der Waals surface area contributed by atoms with Gasteiger partial charge in [-0.25, -0.2) is 0 Å². The van der Waals surface area contributed by atoms with Crippen LogP contribution in [0.2, 0.25) is 0 Å². The molecule has 0 amide bonds. The summed E-state index contributed by atoms with van der Waals surface area (Å²) in [6.45, 7) is 1.53.